The summed E-state index contributed by atoms with van der Waals surface area (Å²) < 4.78 is 1.88. The number of rotatable bonds is 8. The standard InChI is InChI=1S/C27H32Cl2N4OS/c1-3-4-6-9-19-14-15-35-26(19)25-18(2)23(17-30-27(34)31-21-10-7-5-8-11-21)32-33(25)24-13-12-20(28)16-22(24)29/h6,9,12-16,21H,3-5,7-8,10-11,17H2,1-2H3,(H2,30,31,34). The van der Waals surface area contributed by atoms with Crippen LogP contribution in [0.4, 0.5) is 4.79 Å². The first-order valence-corrected chi connectivity index (χ1v) is 13.9. The van der Waals surface area contributed by atoms with Crippen molar-refractivity contribution in [2.45, 2.75) is 71.4 Å². The molecule has 0 radical (unpaired) electrons. The predicted molar refractivity (Wildman–Crippen MR) is 148 cm³/mol. The Hall–Kier alpha value is -2.28. The van der Waals surface area contributed by atoms with E-state index in [9.17, 15) is 4.79 Å². The number of nitrogens with zero attached hydrogens (tertiary/aromatic N) is 2. The molecule has 1 aliphatic carbocycles. The molecule has 2 aromatic heterocycles. The van der Waals surface area contributed by atoms with Gasteiger partial charge in [0.25, 0.3) is 0 Å². The van der Waals surface area contributed by atoms with Gasteiger partial charge >= 0.3 is 6.03 Å². The van der Waals surface area contributed by atoms with Gasteiger partial charge in [-0.15, -0.1) is 11.3 Å². The van der Waals surface area contributed by atoms with Gasteiger partial charge in [-0.2, -0.15) is 5.10 Å². The van der Waals surface area contributed by atoms with Crippen LogP contribution in [0.1, 0.15) is 68.7 Å². The lowest BCUT2D eigenvalue weighted by Gasteiger charge is -2.22. The maximum atomic E-state index is 12.6. The van der Waals surface area contributed by atoms with Gasteiger partial charge in [0, 0.05) is 16.6 Å². The van der Waals surface area contributed by atoms with Crippen molar-refractivity contribution in [2.24, 2.45) is 0 Å². The van der Waals surface area contributed by atoms with Gasteiger partial charge in [-0.25, -0.2) is 9.48 Å². The van der Waals surface area contributed by atoms with E-state index >= 15 is 0 Å². The molecule has 2 N–H and O–H groups in total. The number of aromatic nitrogens is 2. The summed E-state index contributed by atoms with van der Waals surface area (Å²) in [6.07, 6.45) is 12.2. The van der Waals surface area contributed by atoms with Gasteiger partial charge < -0.3 is 10.6 Å². The lowest BCUT2D eigenvalue weighted by Crippen LogP contribution is -2.42. The van der Waals surface area contributed by atoms with Crippen LogP contribution < -0.4 is 10.6 Å². The lowest BCUT2D eigenvalue weighted by atomic mass is 9.96. The first kappa shape index (κ1) is 25.8. The highest BCUT2D eigenvalue weighted by molar-refractivity contribution is 7.13. The third-order valence-electron chi connectivity index (χ3n) is 6.38. The molecular formula is C27H32Cl2N4OS. The smallest absolute Gasteiger partial charge is 0.315 e. The van der Waals surface area contributed by atoms with Crippen LogP contribution in [0.2, 0.25) is 10.0 Å². The molecule has 5 nitrogen and oxygen atoms in total. The molecule has 8 heteroatoms. The molecule has 3 aromatic rings. The van der Waals surface area contributed by atoms with Crippen molar-refractivity contribution in [1.29, 1.82) is 0 Å². The van der Waals surface area contributed by atoms with E-state index in [0.29, 0.717) is 16.6 Å². The van der Waals surface area contributed by atoms with Crippen molar-refractivity contribution in [3.05, 3.63) is 62.6 Å². The minimum atomic E-state index is -0.142. The Balaban J connectivity index is 1.66. The number of urea groups is 1. The van der Waals surface area contributed by atoms with Crippen LogP contribution in [0.5, 0.6) is 0 Å². The molecule has 186 valence electrons. The van der Waals surface area contributed by atoms with Crippen LogP contribution in [0.15, 0.2) is 35.7 Å². The second kappa shape index (κ2) is 12.1. The second-order valence-electron chi connectivity index (χ2n) is 8.99. The van der Waals surface area contributed by atoms with E-state index in [-0.39, 0.29) is 12.1 Å². The van der Waals surface area contributed by atoms with Gasteiger partial charge in [-0.05, 0) is 61.4 Å². The van der Waals surface area contributed by atoms with Crippen LogP contribution in [0.25, 0.3) is 22.3 Å². The van der Waals surface area contributed by atoms with E-state index in [1.54, 1.807) is 17.4 Å². The van der Waals surface area contributed by atoms with Crippen molar-refractivity contribution in [1.82, 2.24) is 20.4 Å². The second-order valence-corrected chi connectivity index (χ2v) is 10.7. The first-order valence-electron chi connectivity index (χ1n) is 12.3. The molecule has 0 atom stereocenters. The molecule has 2 heterocycles. The van der Waals surface area contributed by atoms with Gasteiger partial charge in [0.15, 0.2) is 0 Å². The fourth-order valence-corrected chi connectivity index (χ4v) is 5.93. The van der Waals surface area contributed by atoms with Crippen molar-refractivity contribution in [3.63, 3.8) is 0 Å². The number of hydrogen-bond donors (Lipinski definition) is 2. The summed E-state index contributed by atoms with van der Waals surface area (Å²) in [6, 6.07) is 7.67. The largest absolute Gasteiger partial charge is 0.335 e. The summed E-state index contributed by atoms with van der Waals surface area (Å²) in [5.74, 6) is 0. The van der Waals surface area contributed by atoms with Crippen molar-refractivity contribution >= 4 is 46.6 Å². The van der Waals surface area contributed by atoms with E-state index in [1.807, 2.05) is 16.8 Å². The SMILES string of the molecule is CCCC=Cc1ccsc1-c1c(C)c(CNC(=O)NC2CCCCC2)nn1-c1ccc(Cl)cc1Cl. The maximum absolute atomic E-state index is 12.6. The Morgan fingerprint density at radius 2 is 2.03 bits per heavy atom. The topological polar surface area (TPSA) is 59.0 Å². The number of halogens is 2. The minimum Gasteiger partial charge on any atom is -0.335 e. The highest BCUT2D eigenvalue weighted by Gasteiger charge is 2.22. The van der Waals surface area contributed by atoms with Crippen molar-refractivity contribution in [2.75, 3.05) is 0 Å². The Kier molecular flexibility index (Phi) is 8.93. The molecule has 1 aromatic carbocycles. The van der Waals surface area contributed by atoms with Crippen LogP contribution in [-0.2, 0) is 6.54 Å². The Bertz CT molecular complexity index is 1190. The van der Waals surface area contributed by atoms with Gasteiger partial charge in [-0.1, -0.05) is 68.0 Å². The number of nitrogens with one attached hydrogen (secondary N) is 2. The zero-order valence-electron chi connectivity index (χ0n) is 20.2. The summed E-state index contributed by atoms with van der Waals surface area (Å²) in [5, 5.41) is 14.2. The minimum absolute atomic E-state index is 0.142. The van der Waals surface area contributed by atoms with Crippen LogP contribution in [0, 0.1) is 6.92 Å². The molecule has 0 spiro atoms. The number of hydrogen-bond acceptors (Lipinski definition) is 3. The number of unbranched alkanes of at least 4 members (excludes halogenated alkanes) is 1. The number of carbonyl (C=O) groups is 1. The molecule has 0 saturated heterocycles. The molecular weight excluding hydrogens is 499 g/mol. The monoisotopic (exact) mass is 530 g/mol. The molecule has 1 saturated carbocycles. The summed E-state index contributed by atoms with van der Waals surface area (Å²) >= 11 is 14.4. The molecule has 2 amide bonds. The van der Waals surface area contributed by atoms with Gasteiger partial charge in [0.1, 0.15) is 0 Å². The lowest BCUT2D eigenvalue weighted by molar-refractivity contribution is 0.232. The summed E-state index contributed by atoms with van der Waals surface area (Å²) in [6.45, 7) is 4.56. The number of carbonyl (C=O) groups excluding carboxylic acids is 1. The van der Waals surface area contributed by atoms with Gasteiger partial charge in [-0.3, -0.25) is 0 Å². The Morgan fingerprint density at radius 1 is 1.23 bits per heavy atom. The molecule has 35 heavy (non-hydrogen) atoms. The highest BCUT2D eigenvalue weighted by Crippen LogP contribution is 2.37. The third-order valence-corrected chi connectivity index (χ3v) is 7.85. The molecule has 0 bridgehead atoms. The molecule has 1 aliphatic rings. The van der Waals surface area contributed by atoms with E-state index in [4.69, 9.17) is 28.3 Å². The van der Waals surface area contributed by atoms with Crippen LogP contribution >= 0.6 is 34.5 Å². The zero-order valence-corrected chi connectivity index (χ0v) is 22.6. The summed E-state index contributed by atoms with van der Waals surface area (Å²) in [5.41, 5.74) is 4.70. The van der Waals surface area contributed by atoms with Crippen LogP contribution in [0.3, 0.4) is 0 Å². The normalized spacial score (nSPS) is 14.5. The summed E-state index contributed by atoms with van der Waals surface area (Å²) in [7, 11) is 0. The molecule has 0 aliphatic heterocycles. The molecule has 1 fully saturated rings. The zero-order chi connectivity index (χ0) is 24.8. The maximum Gasteiger partial charge on any atom is 0.315 e. The average molecular weight is 532 g/mol. The third kappa shape index (κ3) is 6.29. The molecule has 4 rings (SSSR count). The average Bonchev–Trinajstić information content (AvgIpc) is 3.42. The van der Waals surface area contributed by atoms with E-state index in [0.717, 1.165) is 58.8 Å². The Labute approximate surface area is 221 Å². The quantitative estimate of drug-likeness (QED) is 0.308. The van der Waals surface area contributed by atoms with Crippen LogP contribution in [-0.4, -0.2) is 21.9 Å². The Morgan fingerprint density at radius 3 is 2.77 bits per heavy atom. The predicted octanol–water partition coefficient (Wildman–Crippen LogP) is 8.16. The first-order chi connectivity index (χ1) is 17.0. The van der Waals surface area contributed by atoms with Gasteiger partial charge in [0.05, 0.1) is 33.5 Å². The fourth-order valence-electron chi connectivity index (χ4n) is 4.47. The number of thiophene rings is 1. The van der Waals surface area contributed by atoms with Crippen molar-refractivity contribution in [3.8, 4) is 16.3 Å². The molecule has 0 unspecified atom stereocenters. The summed E-state index contributed by atoms with van der Waals surface area (Å²) in [4.78, 5) is 13.7. The number of benzene rings is 1. The number of amides is 2. The number of allylic oxidation sites excluding steroid dienone is 1. The van der Waals surface area contributed by atoms with E-state index in [1.165, 1.54) is 19.3 Å². The van der Waals surface area contributed by atoms with E-state index < -0.39 is 0 Å². The fraction of sp³-hybridized carbons (Fsp3) is 0.407. The highest BCUT2D eigenvalue weighted by atomic mass is 35.5. The van der Waals surface area contributed by atoms with Gasteiger partial charge in [0.2, 0.25) is 0 Å². The van der Waals surface area contributed by atoms with Crippen molar-refractivity contribution < 1.29 is 4.79 Å². The van der Waals surface area contributed by atoms with E-state index in [2.05, 4.69) is 48.1 Å².